The Balaban J connectivity index is 2.44. The largest absolute Gasteiger partial charge is 0.398 e. The van der Waals surface area contributed by atoms with Crippen molar-refractivity contribution >= 4 is 28.2 Å². The molecule has 0 aliphatic heterocycles. The number of hydrogen-bond acceptors (Lipinski definition) is 2. The van der Waals surface area contributed by atoms with Gasteiger partial charge in [0.25, 0.3) is 0 Å². The Hall–Kier alpha value is -1.35. The number of benzene rings is 1. The van der Waals surface area contributed by atoms with Crippen LogP contribution in [0, 0.1) is 5.82 Å². The first-order valence-electron chi connectivity index (χ1n) is 5.73. The highest BCUT2D eigenvalue weighted by molar-refractivity contribution is 6.36. The molecule has 1 aliphatic rings. The number of hydrogen-bond donors (Lipinski definition) is 1. The van der Waals surface area contributed by atoms with Gasteiger partial charge in [0.1, 0.15) is 11.3 Å². The van der Waals surface area contributed by atoms with Gasteiger partial charge in [-0.3, -0.25) is 0 Å². The Kier molecular flexibility index (Phi) is 2.44. The highest BCUT2D eigenvalue weighted by Crippen LogP contribution is 2.35. The van der Waals surface area contributed by atoms with Gasteiger partial charge in [-0.05, 0) is 43.4 Å². The first-order valence-corrected chi connectivity index (χ1v) is 6.11. The zero-order valence-electron chi connectivity index (χ0n) is 9.26. The van der Waals surface area contributed by atoms with Crippen LogP contribution < -0.4 is 5.73 Å². The molecule has 0 bridgehead atoms. The number of pyridine rings is 1. The summed E-state index contributed by atoms with van der Waals surface area (Å²) < 4.78 is 13.7. The summed E-state index contributed by atoms with van der Waals surface area (Å²) in [6, 6.07) is 2.87. The van der Waals surface area contributed by atoms with Crippen LogP contribution in [0.2, 0.25) is 5.02 Å². The van der Waals surface area contributed by atoms with Gasteiger partial charge in [0, 0.05) is 16.8 Å². The normalized spacial score (nSPS) is 14.9. The van der Waals surface area contributed by atoms with Crippen LogP contribution in [0.5, 0.6) is 0 Å². The molecule has 2 N–H and O–H groups in total. The van der Waals surface area contributed by atoms with Gasteiger partial charge < -0.3 is 5.73 Å². The maximum Gasteiger partial charge on any atom is 0.149 e. The highest BCUT2D eigenvalue weighted by Gasteiger charge is 2.19. The summed E-state index contributed by atoms with van der Waals surface area (Å²) >= 11 is 6.09. The standard InChI is InChI=1S/C13H12ClFN2/c14-8-5-6-9(15)13-11(8)12(16)7-3-1-2-4-10(7)17-13/h5-6H,1-4H2,(H2,16,17). The topological polar surface area (TPSA) is 38.9 Å². The fraction of sp³-hybridized carbons (Fsp3) is 0.308. The lowest BCUT2D eigenvalue weighted by molar-refractivity contribution is 0.632. The van der Waals surface area contributed by atoms with E-state index in [4.69, 9.17) is 17.3 Å². The molecule has 2 aromatic rings. The lowest BCUT2D eigenvalue weighted by Crippen LogP contribution is -2.10. The smallest absolute Gasteiger partial charge is 0.149 e. The Morgan fingerprint density at radius 3 is 2.82 bits per heavy atom. The lowest BCUT2D eigenvalue weighted by Gasteiger charge is -2.19. The zero-order chi connectivity index (χ0) is 12.0. The monoisotopic (exact) mass is 250 g/mol. The van der Waals surface area contributed by atoms with Crippen molar-refractivity contribution in [2.75, 3.05) is 5.73 Å². The number of aromatic nitrogens is 1. The summed E-state index contributed by atoms with van der Waals surface area (Å²) in [7, 11) is 0. The predicted molar refractivity (Wildman–Crippen MR) is 67.8 cm³/mol. The Labute approximate surface area is 104 Å². The highest BCUT2D eigenvalue weighted by atomic mass is 35.5. The molecule has 0 fully saturated rings. The van der Waals surface area contributed by atoms with Crippen LogP contribution in [0.15, 0.2) is 12.1 Å². The van der Waals surface area contributed by atoms with E-state index in [1.807, 2.05) is 0 Å². The van der Waals surface area contributed by atoms with E-state index in [0.29, 0.717) is 21.6 Å². The van der Waals surface area contributed by atoms with Crippen molar-refractivity contribution < 1.29 is 4.39 Å². The van der Waals surface area contributed by atoms with Crippen molar-refractivity contribution in [3.63, 3.8) is 0 Å². The molecule has 0 spiro atoms. The lowest BCUT2D eigenvalue weighted by atomic mass is 9.93. The molecule has 1 aliphatic carbocycles. The molecule has 0 saturated carbocycles. The summed E-state index contributed by atoms with van der Waals surface area (Å²) in [5, 5.41) is 1.03. The maximum atomic E-state index is 13.7. The fourth-order valence-electron chi connectivity index (χ4n) is 2.50. The molecular formula is C13H12ClFN2. The number of anilines is 1. The number of nitrogen functional groups attached to an aromatic ring is 1. The molecule has 1 aromatic carbocycles. The number of halogens is 2. The van der Waals surface area contributed by atoms with Crippen LogP contribution in [0.25, 0.3) is 10.9 Å². The van der Waals surface area contributed by atoms with E-state index < -0.39 is 0 Å². The van der Waals surface area contributed by atoms with Gasteiger partial charge in [0.15, 0.2) is 0 Å². The van der Waals surface area contributed by atoms with Gasteiger partial charge in [-0.25, -0.2) is 9.37 Å². The second-order valence-corrected chi connectivity index (χ2v) is 4.82. The van der Waals surface area contributed by atoms with Crippen molar-refractivity contribution in [1.82, 2.24) is 4.98 Å². The van der Waals surface area contributed by atoms with Gasteiger partial charge >= 0.3 is 0 Å². The van der Waals surface area contributed by atoms with Gasteiger partial charge in [0.2, 0.25) is 0 Å². The molecule has 88 valence electrons. The average Bonchev–Trinajstić information content (AvgIpc) is 2.34. The molecule has 4 heteroatoms. The third-order valence-corrected chi connectivity index (χ3v) is 3.67. The zero-order valence-corrected chi connectivity index (χ0v) is 10.0. The molecule has 2 nitrogen and oxygen atoms in total. The molecule has 0 radical (unpaired) electrons. The Morgan fingerprint density at radius 1 is 1.24 bits per heavy atom. The summed E-state index contributed by atoms with van der Waals surface area (Å²) in [6.07, 6.45) is 3.99. The third kappa shape index (κ3) is 1.57. The minimum absolute atomic E-state index is 0.302. The van der Waals surface area contributed by atoms with E-state index in [2.05, 4.69) is 4.98 Å². The Morgan fingerprint density at radius 2 is 2.00 bits per heavy atom. The van der Waals surface area contributed by atoms with Gasteiger partial charge in [-0.2, -0.15) is 0 Å². The molecule has 17 heavy (non-hydrogen) atoms. The molecule has 0 saturated heterocycles. The van der Waals surface area contributed by atoms with Crippen molar-refractivity contribution in [3.05, 3.63) is 34.2 Å². The first-order chi connectivity index (χ1) is 8.18. The van der Waals surface area contributed by atoms with E-state index >= 15 is 0 Å². The van der Waals surface area contributed by atoms with Gasteiger partial charge in [0.05, 0.1) is 5.02 Å². The van der Waals surface area contributed by atoms with Crippen LogP contribution in [0.3, 0.4) is 0 Å². The van der Waals surface area contributed by atoms with E-state index in [1.165, 1.54) is 12.1 Å². The summed E-state index contributed by atoms with van der Waals surface area (Å²) in [4.78, 5) is 4.40. The minimum atomic E-state index is -0.357. The average molecular weight is 251 g/mol. The van der Waals surface area contributed by atoms with Crippen LogP contribution >= 0.6 is 11.6 Å². The second-order valence-electron chi connectivity index (χ2n) is 4.41. The molecule has 0 unspecified atom stereocenters. The SMILES string of the molecule is Nc1c2c(nc3c(F)ccc(Cl)c13)CCCC2. The van der Waals surface area contributed by atoms with Gasteiger partial charge in [-0.1, -0.05) is 11.6 Å². The number of fused-ring (bicyclic) bond motifs is 2. The van der Waals surface area contributed by atoms with Crippen molar-refractivity contribution in [3.8, 4) is 0 Å². The van der Waals surface area contributed by atoms with Crippen LogP contribution in [-0.2, 0) is 12.8 Å². The maximum absolute atomic E-state index is 13.7. The van der Waals surface area contributed by atoms with Crippen LogP contribution in [0.4, 0.5) is 10.1 Å². The van der Waals surface area contributed by atoms with E-state index in [0.717, 1.165) is 36.9 Å². The summed E-state index contributed by atoms with van der Waals surface area (Å²) in [6.45, 7) is 0. The quantitative estimate of drug-likeness (QED) is 0.777. The predicted octanol–water partition coefficient (Wildman–Crippen LogP) is 3.49. The van der Waals surface area contributed by atoms with E-state index in [-0.39, 0.29) is 5.82 Å². The summed E-state index contributed by atoms with van der Waals surface area (Å²) in [5.41, 5.74) is 9.01. The number of nitrogens with zero attached hydrogens (tertiary/aromatic N) is 1. The minimum Gasteiger partial charge on any atom is -0.398 e. The molecule has 1 aromatic heterocycles. The second kappa shape index (κ2) is 3.84. The van der Waals surface area contributed by atoms with Crippen molar-refractivity contribution in [2.45, 2.75) is 25.7 Å². The first kappa shape index (κ1) is 10.8. The van der Waals surface area contributed by atoms with Crippen LogP contribution in [0.1, 0.15) is 24.1 Å². The van der Waals surface area contributed by atoms with Gasteiger partial charge in [-0.15, -0.1) is 0 Å². The third-order valence-electron chi connectivity index (χ3n) is 3.36. The molecule has 1 heterocycles. The Bertz CT molecular complexity index is 610. The fourth-order valence-corrected chi connectivity index (χ4v) is 2.75. The molecule has 3 rings (SSSR count). The molecule has 0 atom stereocenters. The molecular weight excluding hydrogens is 239 g/mol. The van der Waals surface area contributed by atoms with E-state index in [1.54, 1.807) is 0 Å². The van der Waals surface area contributed by atoms with Crippen molar-refractivity contribution in [2.24, 2.45) is 0 Å². The summed E-state index contributed by atoms with van der Waals surface area (Å²) in [5.74, 6) is -0.357. The number of rotatable bonds is 0. The van der Waals surface area contributed by atoms with Crippen molar-refractivity contribution in [1.29, 1.82) is 0 Å². The number of nitrogens with two attached hydrogens (primary N) is 1. The van der Waals surface area contributed by atoms with Crippen LogP contribution in [-0.4, -0.2) is 4.98 Å². The van der Waals surface area contributed by atoms with E-state index in [9.17, 15) is 4.39 Å². The molecule has 0 amide bonds. The number of aryl methyl sites for hydroxylation is 1.